The maximum Gasteiger partial charge on any atom is 0.0908 e. The number of rotatable bonds is 3. The van der Waals surface area contributed by atoms with Gasteiger partial charge in [0, 0.05) is 10.8 Å². The molecule has 0 saturated carbocycles. The Morgan fingerprint density at radius 3 is 1.88 bits per heavy atom. The Morgan fingerprint density at radius 2 is 1.18 bits per heavy atom. The van der Waals surface area contributed by atoms with E-state index in [1.165, 1.54) is 50.5 Å². The molecule has 1 aromatic heterocycles. The Kier molecular flexibility index (Phi) is 3.95. The van der Waals surface area contributed by atoms with E-state index in [1.807, 2.05) is 10.6 Å². The van der Waals surface area contributed by atoms with Crippen LogP contribution in [-0.4, -0.2) is 10.9 Å². The van der Waals surface area contributed by atoms with E-state index in [2.05, 4.69) is 115 Å². The van der Waals surface area contributed by atoms with Gasteiger partial charge < -0.3 is 4.57 Å². The van der Waals surface area contributed by atoms with Gasteiger partial charge in [0.05, 0.1) is 22.8 Å². The molecule has 1 N–H and O–H groups in total. The van der Waals surface area contributed by atoms with Crippen LogP contribution in [0, 0.1) is 5.41 Å². The molecule has 160 valence electrons. The van der Waals surface area contributed by atoms with Gasteiger partial charge in [0.15, 0.2) is 0 Å². The Bertz CT molecular complexity index is 1670. The Hall–Kier alpha value is -4.43. The minimum Gasteiger partial charge on any atom is -0.300 e. The second-order valence-corrected chi connectivity index (χ2v) is 8.93. The van der Waals surface area contributed by atoms with Gasteiger partial charge in [-0.1, -0.05) is 109 Å². The third kappa shape index (κ3) is 2.27. The molecule has 1 aliphatic carbocycles. The number of hydrogen-bond donors (Lipinski definition) is 1. The zero-order valence-electron chi connectivity index (χ0n) is 18.6. The lowest BCUT2D eigenvalue weighted by atomic mass is 9.67. The fraction of sp³-hybridized carbons (Fsp3) is 0.0312. The normalized spacial score (nSPS) is 13.6. The molecule has 2 heteroatoms. The third-order valence-electron chi connectivity index (χ3n) is 7.42. The van der Waals surface area contributed by atoms with Gasteiger partial charge in [-0.05, 0) is 45.5 Å². The van der Waals surface area contributed by atoms with Crippen LogP contribution in [0.25, 0.3) is 32.9 Å². The summed E-state index contributed by atoms with van der Waals surface area (Å²) in [6, 6.07) is 43.5. The number of hydrogen-bond acceptors (Lipinski definition) is 1. The Labute approximate surface area is 198 Å². The number of para-hydroxylation sites is 1. The third-order valence-corrected chi connectivity index (χ3v) is 7.42. The molecule has 0 spiro atoms. The lowest BCUT2D eigenvalue weighted by Gasteiger charge is -2.33. The van der Waals surface area contributed by atoms with E-state index in [1.54, 1.807) is 0 Å². The average molecular weight is 435 g/mol. The summed E-state index contributed by atoms with van der Waals surface area (Å²) in [5.74, 6) is 0. The molecule has 5 aromatic carbocycles. The number of aromatic nitrogens is 1. The van der Waals surface area contributed by atoms with Crippen LogP contribution in [0.5, 0.6) is 0 Å². The standard InChI is InChI=1S/C32H22N2/c33-21-34-28-18-10-8-16-25(28)31-29(34)20-19-27-30(31)24-15-7-9-17-26(24)32(27,22-11-3-1-4-12-22)23-13-5-2-6-14-23/h1-21,33H. The first-order chi connectivity index (χ1) is 16.9. The van der Waals surface area contributed by atoms with Gasteiger partial charge in [-0.2, -0.15) is 0 Å². The molecule has 2 nitrogen and oxygen atoms in total. The van der Waals surface area contributed by atoms with Crippen molar-refractivity contribution in [3.8, 4) is 11.1 Å². The largest absolute Gasteiger partial charge is 0.300 e. The van der Waals surface area contributed by atoms with E-state index in [0.29, 0.717) is 0 Å². The van der Waals surface area contributed by atoms with E-state index in [-0.39, 0.29) is 0 Å². The number of nitrogens with zero attached hydrogens (tertiary/aromatic N) is 1. The summed E-state index contributed by atoms with van der Waals surface area (Å²) in [5, 5.41) is 10.6. The Morgan fingerprint density at radius 1 is 0.559 bits per heavy atom. The number of benzene rings is 5. The minimum absolute atomic E-state index is 0.406. The van der Waals surface area contributed by atoms with Crippen LogP contribution >= 0.6 is 0 Å². The monoisotopic (exact) mass is 434 g/mol. The first kappa shape index (κ1) is 19.1. The molecule has 0 amide bonds. The second kappa shape index (κ2) is 7.03. The van der Waals surface area contributed by atoms with Crippen molar-refractivity contribution in [1.82, 2.24) is 4.57 Å². The maximum atomic E-state index is 8.15. The summed E-state index contributed by atoms with van der Waals surface area (Å²) in [6.07, 6.45) is 1.43. The molecular formula is C32H22N2. The number of fused-ring (bicyclic) bond motifs is 7. The van der Waals surface area contributed by atoms with E-state index in [0.717, 1.165) is 11.0 Å². The van der Waals surface area contributed by atoms with Crippen LogP contribution in [0.4, 0.5) is 0 Å². The predicted octanol–water partition coefficient (Wildman–Crippen LogP) is 7.61. The zero-order valence-corrected chi connectivity index (χ0v) is 18.6. The lowest BCUT2D eigenvalue weighted by Crippen LogP contribution is -2.28. The first-order valence-corrected chi connectivity index (χ1v) is 11.6. The van der Waals surface area contributed by atoms with Crippen molar-refractivity contribution in [2.24, 2.45) is 0 Å². The quantitative estimate of drug-likeness (QED) is 0.219. The van der Waals surface area contributed by atoms with Gasteiger partial charge in [0.2, 0.25) is 0 Å². The van der Waals surface area contributed by atoms with Crippen molar-refractivity contribution in [1.29, 1.82) is 5.41 Å². The highest BCUT2D eigenvalue weighted by molar-refractivity contribution is 6.19. The SMILES string of the molecule is N=Cn1c2ccccc2c2c3c(ccc21)C(c1ccccc1)(c1ccccc1)c1ccccc1-3. The van der Waals surface area contributed by atoms with Crippen molar-refractivity contribution in [3.63, 3.8) is 0 Å². The molecule has 34 heavy (non-hydrogen) atoms. The van der Waals surface area contributed by atoms with E-state index in [4.69, 9.17) is 5.41 Å². The molecule has 0 saturated heterocycles. The van der Waals surface area contributed by atoms with Crippen molar-refractivity contribution >= 4 is 28.1 Å². The summed E-state index contributed by atoms with van der Waals surface area (Å²) in [5.41, 5.74) is 9.41. The molecular weight excluding hydrogens is 412 g/mol. The smallest absolute Gasteiger partial charge is 0.0908 e. The van der Waals surface area contributed by atoms with Crippen LogP contribution in [0.1, 0.15) is 22.3 Å². The number of nitrogens with one attached hydrogen (secondary N) is 1. The first-order valence-electron chi connectivity index (χ1n) is 11.6. The zero-order chi connectivity index (χ0) is 22.7. The summed E-state index contributed by atoms with van der Waals surface area (Å²) < 4.78 is 2.00. The van der Waals surface area contributed by atoms with Crippen LogP contribution in [0.2, 0.25) is 0 Å². The van der Waals surface area contributed by atoms with Crippen molar-refractivity contribution in [2.45, 2.75) is 5.41 Å². The van der Waals surface area contributed by atoms with Gasteiger partial charge in [0.1, 0.15) is 0 Å². The predicted molar refractivity (Wildman–Crippen MR) is 141 cm³/mol. The van der Waals surface area contributed by atoms with Crippen LogP contribution < -0.4 is 0 Å². The highest BCUT2D eigenvalue weighted by Gasteiger charge is 2.46. The van der Waals surface area contributed by atoms with Gasteiger partial charge in [-0.15, -0.1) is 0 Å². The lowest BCUT2D eigenvalue weighted by molar-refractivity contribution is 0.769. The molecule has 6 aromatic rings. The summed E-state index contributed by atoms with van der Waals surface area (Å²) in [6.45, 7) is 0. The van der Waals surface area contributed by atoms with Crippen molar-refractivity contribution in [2.75, 3.05) is 0 Å². The minimum atomic E-state index is -0.406. The van der Waals surface area contributed by atoms with E-state index in [9.17, 15) is 0 Å². The highest BCUT2D eigenvalue weighted by Crippen LogP contribution is 2.58. The highest BCUT2D eigenvalue weighted by atomic mass is 15.0. The molecule has 7 rings (SSSR count). The van der Waals surface area contributed by atoms with Gasteiger partial charge in [-0.25, -0.2) is 0 Å². The topological polar surface area (TPSA) is 28.8 Å². The van der Waals surface area contributed by atoms with Crippen LogP contribution in [0.3, 0.4) is 0 Å². The fourth-order valence-electron chi connectivity index (χ4n) is 6.16. The summed E-state index contributed by atoms with van der Waals surface area (Å²) in [4.78, 5) is 0. The molecule has 0 bridgehead atoms. The molecule has 0 atom stereocenters. The summed E-state index contributed by atoms with van der Waals surface area (Å²) >= 11 is 0. The van der Waals surface area contributed by atoms with Crippen LogP contribution in [0.15, 0.2) is 121 Å². The van der Waals surface area contributed by atoms with Gasteiger partial charge in [-0.3, -0.25) is 5.41 Å². The van der Waals surface area contributed by atoms with Crippen molar-refractivity contribution in [3.05, 3.63) is 144 Å². The molecule has 1 aliphatic rings. The molecule has 0 aliphatic heterocycles. The van der Waals surface area contributed by atoms with Gasteiger partial charge in [0.25, 0.3) is 0 Å². The second-order valence-electron chi connectivity index (χ2n) is 8.93. The fourth-order valence-corrected chi connectivity index (χ4v) is 6.16. The van der Waals surface area contributed by atoms with Crippen LogP contribution in [-0.2, 0) is 5.41 Å². The average Bonchev–Trinajstić information content (AvgIpc) is 3.40. The molecule has 0 radical (unpaired) electrons. The van der Waals surface area contributed by atoms with E-state index >= 15 is 0 Å². The van der Waals surface area contributed by atoms with Gasteiger partial charge >= 0.3 is 0 Å². The van der Waals surface area contributed by atoms with E-state index < -0.39 is 5.41 Å². The Balaban J connectivity index is 1.75. The molecule has 1 heterocycles. The van der Waals surface area contributed by atoms with Crippen molar-refractivity contribution < 1.29 is 0 Å². The summed E-state index contributed by atoms with van der Waals surface area (Å²) in [7, 11) is 0. The molecule has 0 fully saturated rings. The maximum absolute atomic E-state index is 8.15. The molecule has 0 unspecified atom stereocenters.